The molecule has 4 heteroatoms. The first kappa shape index (κ1) is 8.50. The molecule has 0 N–H and O–H groups in total. The van der Waals surface area contributed by atoms with Crippen molar-refractivity contribution in [3.05, 3.63) is 28.5 Å². The van der Waals surface area contributed by atoms with E-state index in [0.717, 1.165) is 0 Å². The van der Waals surface area contributed by atoms with Gasteiger partial charge in [-0.15, -0.1) is 0 Å². The molecular formula is C7H5Cl2NO. The molecular weight excluding hydrogens is 185 g/mol. The Morgan fingerprint density at radius 1 is 1.64 bits per heavy atom. The summed E-state index contributed by atoms with van der Waals surface area (Å²) in [6.07, 6.45) is 1.40. The van der Waals surface area contributed by atoms with Gasteiger partial charge in [0.05, 0.1) is 16.3 Å². The molecule has 0 aliphatic heterocycles. The van der Waals surface area contributed by atoms with Crippen molar-refractivity contribution in [2.45, 2.75) is 6.92 Å². The van der Waals surface area contributed by atoms with Crippen LogP contribution in [-0.4, -0.2) is 10.2 Å². The average Bonchev–Trinajstić information content (AvgIpc) is 1.94. The van der Waals surface area contributed by atoms with E-state index in [1.165, 1.54) is 12.3 Å². The summed E-state index contributed by atoms with van der Waals surface area (Å²) in [5, 5.41) is -0.0871. The monoisotopic (exact) mass is 189 g/mol. The van der Waals surface area contributed by atoms with E-state index < -0.39 is 5.24 Å². The number of hydrogen-bond acceptors (Lipinski definition) is 2. The fraction of sp³-hybridized carbons (Fsp3) is 0.143. The number of nitrogens with zero attached hydrogens (tertiary/aromatic N) is 1. The van der Waals surface area contributed by atoms with E-state index in [0.29, 0.717) is 16.3 Å². The van der Waals surface area contributed by atoms with E-state index in [1.54, 1.807) is 6.92 Å². The fourth-order valence-corrected chi connectivity index (χ4v) is 0.883. The number of rotatable bonds is 1. The summed E-state index contributed by atoms with van der Waals surface area (Å²) < 4.78 is 0. The molecule has 0 aliphatic rings. The van der Waals surface area contributed by atoms with Crippen LogP contribution in [0.25, 0.3) is 0 Å². The van der Waals surface area contributed by atoms with Gasteiger partial charge in [-0.25, -0.2) is 0 Å². The first-order chi connectivity index (χ1) is 5.11. The van der Waals surface area contributed by atoms with Gasteiger partial charge in [0.2, 0.25) is 0 Å². The Balaban J connectivity index is 3.15. The van der Waals surface area contributed by atoms with Crippen LogP contribution >= 0.6 is 23.2 Å². The number of hydrogen-bond donors (Lipinski definition) is 0. The highest BCUT2D eigenvalue weighted by molar-refractivity contribution is 6.67. The lowest BCUT2D eigenvalue weighted by molar-refractivity contribution is 0.108. The van der Waals surface area contributed by atoms with Crippen LogP contribution in [0, 0.1) is 6.92 Å². The Morgan fingerprint density at radius 2 is 2.27 bits per heavy atom. The minimum atomic E-state index is -0.542. The molecule has 0 amide bonds. The van der Waals surface area contributed by atoms with Gasteiger partial charge >= 0.3 is 0 Å². The van der Waals surface area contributed by atoms with Crippen molar-refractivity contribution in [1.82, 2.24) is 4.98 Å². The summed E-state index contributed by atoms with van der Waals surface area (Å²) in [4.78, 5) is 14.4. The summed E-state index contributed by atoms with van der Waals surface area (Å²) in [6, 6.07) is 1.50. The molecule has 0 spiro atoms. The molecule has 0 aliphatic carbocycles. The zero-order chi connectivity index (χ0) is 8.43. The number of halogens is 2. The third kappa shape index (κ3) is 1.91. The van der Waals surface area contributed by atoms with E-state index in [2.05, 4.69) is 4.98 Å². The standard InChI is InChI=1S/C7H5Cl2NO/c1-4-6(8)2-5(3-10-4)7(9)11/h2-3H,1H3. The highest BCUT2D eigenvalue weighted by atomic mass is 35.5. The molecule has 0 saturated heterocycles. The van der Waals surface area contributed by atoms with E-state index in [9.17, 15) is 4.79 Å². The Labute approximate surface area is 74.1 Å². The van der Waals surface area contributed by atoms with E-state index in [1.807, 2.05) is 0 Å². The molecule has 58 valence electrons. The van der Waals surface area contributed by atoms with Crippen molar-refractivity contribution in [3.8, 4) is 0 Å². The lowest BCUT2D eigenvalue weighted by Crippen LogP contribution is -1.91. The number of carbonyl (C=O) groups excluding carboxylic acids is 1. The van der Waals surface area contributed by atoms with Crippen molar-refractivity contribution in [2.24, 2.45) is 0 Å². The largest absolute Gasteiger partial charge is 0.276 e. The average molecular weight is 190 g/mol. The van der Waals surface area contributed by atoms with Gasteiger partial charge in [0.15, 0.2) is 0 Å². The predicted molar refractivity (Wildman–Crippen MR) is 44.2 cm³/mol. The molecule has 0 atom stereocenters. The zero-order valence-electron chi connectivity index (χ0n) is 5.77. The minimum Gasteiger partial charge on any atom is -0.276 e. The van der Waals surface area contributed by atoms with Crippen molar-refractivity contribution in [3.63, 3.8) is 0 Å². The number of pyridine rings is 1. The third-order valence-electron chi connectivity index (χ3n) is 1.25. The second kappa shape index (κ2) is 3.20. The van der Waals surface area contributed by atoms with Crippen LogP contribution < -0.4 is 0 Å². The van der Waals surface area contributed by atoms with Crippen molar-refractivity contribution < 1.29 is 4.79 Å². The van der Waals surface area contributed by atoms with Crippen LogP contribution in [0.2, 0.25) is 5.02 Å². The van der Waals surface area contributed by atoms with Gasteiger partial charge in [0.25, 0.3) is 5.24 Å². The predicted octanol–water partition coefficient (Wildman–Crippen LogP) is 2.42. The van der Waals surface area contributed by atoms with Crippen LogP contribution in [0.5, 0.6) is 0 Å². The van der Waals surface area contributed by atoms with Crippen molar-refractivity contribution in [2.75, 3.05) is 0 Å². The Hall–Kier alpha value is -0.600. The molecule has 0 fully saturated rings. The van der Waals surface area contributed by atoms with Crippen molar-refractivity contribution in [1.29, 1.82) is 0 Å². The number of aromatic nitrogens is 1. The number of aryl methyl sites for hydroxylation is 1. The maximum absolute atomic E-state index is 10.6. The van der Waals surface area contributed by atoms with Gasteiger partial charge in [-0.3, -0.25) is 9.78 Å². The highest BCUT2D eigenvalue weighted by Crippen LogP contribution is 2.14. The molecule has 2 nitrogen and oxygen atoms in total. The molecule has 1 heterocycles. The molecule has 1 aromatic rings. The van der Waals surface area contributed by atoms with Crippen LogP contribution in [0.3, 0.4) is 0 Å². The summed E-state index contributed by atoms with van der Waals surface area (Å²) in [5.74, 6) is 0. The zero-order valence-corrected chi connectivity index (χ0v) is 7.28. The molecule has 0 aromatic carbocycles. The molecule has 0 bridgehead atoms. The van der Waals surface area contributed by atoms with Gasteiger partial charge in [-0.05, 0) is 24.6 Å². The van der Waals surface area contributed by atoms with Crippen LogP contribution in [0.15, 0.2) is 12.3 Å². The molecule has 0 radical (unpaired) electrons. The topological polar surface area (TPSA) is 30.0 Å². The Morgan fingerprint density at radius 3 is 2.73 bits per heavy atom. The third-order valence-corrected chi connectivity index (χ3v) is 1.85. The molecule has 1 aromatic heterocycles. The van der Waals surface area contributed by atoms with E-state index in [4.69, 9.17) is 23.2 Å². The Bertz CT molecular complexity index is 298. The Kier molecular flexibility index (Phi) is 2.47. The minimum absolute atomic E-state index is 0.322. The normalized spacial score (nSPS) is 9.73. The molecule has 11 heavy (non-hydrogen) atoms. The lowest BCUT2D eigenvalue weighted by atomic mass is 10.3. The van der Waals surface area contributed by atoms with Gasteiger partial charge in [0.1, 0.15) is 0 Å². The second-order valence-electron chi connectivity index (χ2n) is 2.06. The summed E-state index contributed by atoms with van der Waals surface area (Å²) in [7, 11) is 0. The molecule has 0 unspecified atom stereocenters. The van der Waals surface area contributed by atoms with Gasteiger partial charge < -0.3 is 0 Å². The summed E-state index contributed by atoms with van der Waals surface area (Å²) >= 11 is 10.9. The first-order valence-electron chi connectivity index (χ1n) is 2.93. The van der Waals surface area contributed by atoms with Crippen LogP contribution in [0.1, 0.15) is 16.1 Å². The number of carbonyl (C=O) groups is 1. The van der Waals surface area contributed by atoms with Gasteiger partial charge in [-0.2, -0.15) is 0 Å². The maximum Gasteiger partial charge on any atom is 0.253 e. The van der Waals surface area contributed by atoms with E-state index >= 15 is 0 Å². The van der Waals surface area contributed by atoms with Gasteiger partial charge in [0, 0.05) is 6.20 Å². The van der Waals surface area contributed by atoms with Crippen LogP contribution in [0.4, 0.5) is 0 Å². The molecule has 1 rings (SSSR count). The maximum atomic E-state index is 10.6. The van der Waals surface area contributed by atoms with Crippen molar-refractivity contribution >= 4 is 28.4 Å². The van der Waals surface area contributed by atoms with Gasteiger partial charge in [-0.1, -0.05) is 11.6 Å². The smallest absolute Gasteiger partial charge is 0.253 e. The van der Waals surface area contributed by atoms with Crippen LogP contribution in [-0.2, 0) is 0 Å². The lowest BCUT2D eigenvalue weighted by Gasteiger charge is -1.96. The quantitative estimate of drug-likeness (QED) is 0.636. The fourth-order valence-electron chi connectivity index (χ4n) is 0.614. The first-order valence-corrected chi connectivity index (χ1v) is 3.69. The SMILES string of the molecule is Cc1ncc(C(=O)Cl)cc1Cl. The molecule has 0 saturated carbocycles. The summed E-state index contributed by atoms with van der Waals surface area (Å²) in [6.45, 7) is 1.75. The second-order valence-corrected chi connectivity index (χ2v) is 2.82. The van der Waals surface area contributed by atoms with E-state index in [-0.39, 0.29) is 0 Å². The summed E-state index contributed by atoms with van der Waals surface area (Å²) in [5.41, 5.74) is 1.01. The highest BCUT2D eigenvalue weighted by Gasteiger charge is 2.03.